The normalized spacial score (nSPS) is 9.70. The summed E-state index contributed by atoms with van der Waals surface area (Å²) in [4.78, 5) is 21.6. The minimum absolute atomic E-state index is 0.139. The zero-order valence-electron chi connectivity index (χ0n) is 5.53. The van der Waals surface area contributed by atoms with Crippen molar-refractivity contribution in [1.29, 1.82) is 0 Å². The Balaban J connectivity index is 3.05. The number of carbonyl (C=O) groups is 1. The highest BCUT2D eigenvalue weighted by Gasteiger charge is 2.03. The van der Waals surface area contributed by atoms with Crippen LogP contribution in [-0.4, -0.2) is 9.86 Å². The second-order valence-electron chi connectivity index (χ2n) is 1.79. The van der Waals surface area contributed by atoms with E-state index in [0.29, 0.717) is 6.42 Å². The third kappa shape index (κ3) is 1.16. The summed E-state index contributed by atoms with van der Waals surface area (Å²) >= 11 is 1.14. The van der Waals surface area contributed by atoms with Crippen molar-refractivity contribution in [1.82, 2.24) is 3.96 Å². The van der Waals surface area contributed by atoms with Crippen LogP contribution in [0, 0.1) is 0 Å². The molecule has 0 unspecified atom stereocenters. The predicted octanol–water partition coefficient (Wildman–Crippen LogP) is 0.960. The Hall–Kier alpha value is -0.900. The van der Waals surface area contributed by atoms with Gasteiger partial charge in [-0.05, 0) is 0 Å². The summed E-state index contributed by atoms with van der Waals surface area (Å²) in [6.07, 6.45) is 0.375. The third-order valence-corrected chi connectivity index (χ3v) is 1.96. The van der Waals surface area contributed by atoms with Crippen LogP contribution in [0.4, 0.5) is 0 Å². The first-order valence-corrected chi connectivity index (χ1v) is 3.79. The van der Waals surface area contributed by atoms with E-state index in [-0.39, 0.29) is 11.5 Å². The Morgan fingerprint density at radius 2 is 2.50 bits per heavy atom. The van der Waals surface area contributed by atoms with Crippen LogP contribution in [0.25, 0.3) is 0 Å². The quantitative estimate of drug-likeness (QED) is 0.609. The van der Waals surface area contributed by atoms with Gasteiger partial charge in [0.15, 0.2) is 0 Å². The summed E-state index contributed by atoms with van der Waals surface area (Å²) in [5.74, 6) is -0.139. The molecule has 4 heteroatoms. The molecule has 0 amide bonds. The molecule has 0 bridgehead atoms. The van der Waals surface area contributed by atoms with E-state index in [2.05, 4.69) is 0 Å². The second-order valence-corrected chi connectivity index (χ2v) is 2.64. The minimum atomic E-state index is -0.225. The first-order valence-electron chi connectivity index (χ1n) is 2.96. The van der Waals surface area contributed by atoms with E-state index in [1.54, 1.807) is 12.3 Å². The van der Waals surface area contributed by atoms with Gasteiger partial charge in [0.1, 0.15) is 0 Å². The Morgan fingerprint density at radius 1 is 1.80 bits per heavy atom. The van der Waals surface area contributed by atoms with E-state index < -0.39 is 0 Å². The van der Waals surface area contributed by atoms with Gasteiger partial charge in [0, 0.05) is 17.9 Å². The van der Waals surface area contributed by atoms with E-state index >= 15 is 0 Å². The molecule has 0 atom stereocenters. The van der Waals surface area contributed by atoms with E-state index in [0.717, 1.165) is 15.5 Å². The van der Waals surface area contributed by atoms with Crippen LogP contribution in [0.2, 0.25) is 0 Å². The van der Waals surface area contributed by atoms with E-state index in [1.807, 2.05) is 0 Å². The topological polar surface area (TPSA) is 39.1 Å². The summed E-state index contributed by atoms with van der Waals surface area (Å²) in [5.41, 5.74) is -0.225. The lowest BCUT2D eigenvalue weighted by molar-refractivity contribution is 0.0918. The highest BCUT2D eigenvalue weighted by atomic mass is 32.1. The van der Waals surface area contributed by atoms with Crippen molar-refractivity contribution in [2.75, 3.05) is 0 Å². The van der Waals surface area contributed by atoms with Gasteiger partial charge in [0.2, 0.25) is 5.91 Å². The van der Waals surface area contributed by atoms with Gasteiger partial charge in [-0.2, -0.15) is 3.96 Å². The number of nitrogens with zero attached hydrogens (tertiary/aromatic N) is 1. The second kappa shape index (κ2) is 2.79. The molecule has 1 aromatic heterocycles. The van der Waals surface area contributed by atoms with Crippen molar-refractivity contribution >= 4 is 17.4 Å². The van der Waals surface area contributed by atoms with Crippen molar-refractivity contribution in [2.45, 2.75) is 13.3 Å². The molecular formula is C6H7NO2S. The molecule has 0 spiro atoms. The average Bonchev–Trinajstić information content (AvgIpc) is 2.34. The first kappa shape index (κ1) is 7.21. The number of carbonyl (C=O) groups excluding carboxylic acids is 1. The molecule has 0 aliphatic rings. The van der Waals surface area contributed by atoms with Crippen LogP contribution in [0.3, 0.4) is 0 Å². The van der Waals surface area contributed by atoms with E-state index in [1.165, 1.54) is 6.07 Å². The van der Waals surface area contributed by atoms with Gasteiger partial charge >= 0.3 is 0 Å². The Labute approximate surface area is 62.1 Å². The molecule has 3 nitrogen and oxygen atoms in total. The monoisotopic (exact) mass is 157 g/mol. The number of aromatic nitrogens is 1. The minimum Gasteiger partial charge on any atom is -0.273 e. The molecule has 1 aromatic rings. The van der Waals surface area contributed by atoms with Crippen LogP contribution in [0.15, 0.2) is 16.2 Å². The maximum absolute atomic E-state index is 10.9. The molecule has 0 radical (unpaired) electrons. The van der Waals surface area contributed by atoms with Gasteiger partial charge in [-0.15, -0.1) is 0 Å². The maximum Gasteiger partial charge on any atom is 0.267 e. The van der Waals surface area contributed by atoms with Crippen LogP contribution < -0.4 is 5.56 Å². The largest absolute Gasteiger partial charge is 0.273 e. The summed E-state index contributed by atoms with van der Waals surface area (Å²) in [7, 11) is 0. The third-order valence-electron chi connectivity index (χ3n) is 1.11. The van der Waals surface area contributed by atoms with Gasteiger partial charge in [0.05, 0.1) is 0 Å². The van der Waals surface area contributed by atoms with Crippen molar-refractivity contribution < 1.29 is 4.79 Å². The zero-order valence-corrected chi connectivity index (χ0v) is 6.35. The van der Waals surface area contributed by atoms with Crippen molar-refractivity contribution in [3.05, 3.63) is 21.8 Å². The van der Waals surface area contributed by atoms with E-state index in [9.17, 15) is 9.59 Å². The van der Waals surface area contributed by atoms with Crippen LogP contribution >= 0.6 is 11.5 Å². The fourth-order valence-corrected chi connectivity index (χ4v) is 1.30. The average molecular weight is 157 g/mol. The van der Waals surface area contributed by atoms with Gasteiger partial charge in [-0.3, -0.25) is 9.59 Å². The molecule has 0 saturated carbocycles. The Morgan fingerprint density at radius 3 is 2.90 bits per heavy atom. The molecule has 0 aliphatic carbocycles. The molecule has 10 heavy (non-hydrogen) atoms. The van der Waals surface area contributed by atoms with E-state index in [4.69, 9.17) is 0 Å². The number of rotatable bonds is 1. The molecule has 54 valence electrons. The summed E-state index contributed by atoms with van der Waals surface area (Å²) in [5, 5.41) is 1.61. The lowest BCUT2D eigenvalue weighted by Crippen LogP contribution is -2.18. The molecule has 0 N–H and O–H groups in total. The number of hydrogen-bond donors (Lipinski definition) is 0. The summed E-state index contributed by atoms with van der Waals surface area (Å²) < 4.78 is 1.15. The molecular weight excluding hydrogens is 150 g/mol. The van der Waals surface area contributed by atoms with Crippen molar-refractivity contribution in [2.24, 2.45) is 0 Å². The van der Waals surface area contributed by atoms with Crippen molar-refractivity contribution in [3.63, 3.8) is 0 Å². The predicted molar refractivity (Wildman–Crippen MR) is 39.5 cm³/mol. The Bertz CT molecular complexity index is 286. The maximum atomic E-state index is 10.9. The summed E-state index contributed by atoms with van der Waals surface area (Å²) in [6.45, 7) is 1.73. The fourth-order valence-electron chi connectivity index (χ4n) is 0.594. The van der Waals surface area contributed by atoms with Gasteiger partial charge in [-0.25, -0.2) is 0 Å². The Kier molecular flexibility index (Phi) is 2.01. The van der Waals surface area contributed by atoms with Crippen molar-refractivity contribution in [3.8, 4) is 0 Å². The molecule has 0 aliphatic heterocycles. The molecule has 0 fully saturated rings. The molecule has 1 heterocycles. The first-order chi connectivity index (χ1) is 4.75. The fraction of sp³-hybridized carbons (Fsp3) is 0.333. The molecule has 0 aromatic carbocycles. The highest BCUT2D eigenvalue weighted by Crippen LogP contribution is 1.94. The van der Waals surface area contributed by atoms with Crippen LogP contribution in [0.5, 0.6) is 0 Å². The van der Waals surface area contributed by atoms with Gasteiger partial charge in [-0.1, -0.05) is 18.5 Å². The standard InChI is InChI=1S/C6H7NO2S/c1-2-5(8)7-6(9)3-4-10-7/h3-4H,2H2,1H3. The lowest BCUT2D eigenvalue weighted by Gasteiger charge is -1.91. The number of hydrogen-bond acceptors (Lipinski definition) is 3. The molecule has 0 saturated heterocycles. The van der Waals surface area contributed by atoms with Crippen LogP contribution in [-0.2, 0) is 0 Å². The zero-order chi connectivity index (χ0) is 7.56. The molecule has 1 rings (SSSR count). The van der Waals surface area contributed by atoms with Crippen LogP contribution in [0.1, 0.15) is 18.1 Å². The summed E-state index contributed by atoms with van der Waals surface area (Å²) in [6, 6.07) is 1.39. The lowest BCUT2D eigenvalue weighted by atomic mass is 10.5. The smallest absolute Gasteiger partial charge is 0.267 e. The van der Waals surface area contributed by atoms with Gasteiger partial charge in [0.25, 0.3) is 5.56 Å². The SMILES string of the molecule is CCC(=O)n1sccc1=O. The van der Waals surface area contributed by atoms with Gasteiger partial charge < -0.3 is 0 Å². The highest BCUT2D eigenvalue weighted by molar-refractivity contribution is 7.05.